The Hall–Kier alpha value is -5.42. The number of aliphatic carboxylic acids is 3. The van der Waals surface area contributed by atoms with Crippen molar-refractivity contribution in [1.82, 2.24) is 21.3 Å². The van der Waals surface area contributed by atoms with Gasteiger partial charge in [-0.05, 0) is 24.5 Å². The second-order valence-corrected chi connectivity index (χ2v) is 9.80. The molecule has 0 aliphatic carbocycles. The van der Waals surface area contributed by atoms with Crippen LogP contribution < -0.4 is 26.3 Å². The summed E-state index contributed by atoms with van der Waals surface area (Å²) >= 11 is 0. The van der Waals surface area contributed by atoms with E-state index in [1.807, 2.05) is 0 Å². The molecule has 7 N–H and O–H groups in total. The zero-order valence-electron chi connectivity index (χ0n) is 24.0. The molecule has 0 saturated heterocycles. The van der Waals surface area contributed by atoms with Crippen LogP contribution in [0.5, 0.6) is 0 Å². The van der Waals surface area contributed by atoms with Crippen LogP contribution in [0.25, 0.3) is 0 Å². The third-order valence-electron chi connectivity index (χ3n) is 5.88. The topological polar surface area (TPSA) is 278 Å². The molecule has 0 saturated carbocycles. The van der Waals surface area contributed by atoms with Gasteiger partial charge in [0.05, 0.1) is 23.8 Å². The Morgan fingerprint density at radius 3 is 1.73 bits per heavy atom. The van der Waals surface area contributed by atoms with E-state index in [1.54, 1.807) is 6.07 Å². The molecule has 0 spiro atoms. The van der Waals surface area contributed by atoms with Gasteiger partial charge in [0, 0.05) is 13.3 Å². The van der Waals surface area contributed by atoms with Gasteiger partial charge in [-0.3, -0.25) is 38.4 Å². The van der Waals surface area contributed by atoms with Gasteiger partial charge in [-0.15, -0.1) is 4.91 Å². The van der Waals surface area contributed by atoms with E-state index < -0.39 is 103 Å². The van der Waals surface area contributed by atoms with Crippen LogP contribution in [0.3, 0.4) is 0 Å². The number of para-hydroxylation sites is 1. The number of carboxylic acid groups (broad SMARTS) is 3. The van der Waals surface area contributed by atoms with E-state index in [0.717, 1.165) is 6.92 Å². The monoisotopic (exact) mass is 622 g/mol. The fourth-order valence-electron chi connectivity index (χ4n) is 3.79. The minimum atomic E-state index is -1.81. The zero-order chi connectivity index (χ0) is 33.6. The van der Waals surface area contributed by atoms with Crippen LogP contribution in [-0.2, 0) is 38.4 Å². The third kappa shape index (κ3) is 12.2. The number of nitrogens with one attached hydrogen (secondary N) is 4. The van der Waals surface area contributed by atoms with Crippen LogP contribution in [0, 0.1) is 10.8 Å². The first-order valence-electron chi connectivity index (χ1n) is 13.1. The predicted molar refractivity (Wildman–Crippen MR) is 149 cm³/mol. The molecule has 0 radical (unpaired) electrons. The summed E-state index contributed by atoms with van der Waals surface area (Å²) in [6.45, 7) is 3.98. The number of hydrogen-bond acceptors (Lipinski definition) is 10. The van der Waals surface area contributed by atoms with Crippen molar-refractivity contribution in [3.8, 4) is 0 Å². The average Bonchev–Trinajstić information content (AvgIpc) is 2.92. The molecule has 0 unspecified atom stereocenters. The lowest BCUT2D eigenvalue weighted by atomic mass is 10.0. The number of amides is 5. The standard InChI is InChI=1S/C26H34N6O12/c1-13(2)22(25(42)29-18(12-21(38)39)26(43)32(31-44)15-7-5-4-6-8-15)30-23(40)16(9-10-19(34)35)28-24(41)17(11-20(36)37)27-14(3)33/h4-8,13,16-18,22H,9-12H2,1-3H3,(H,27,33)(H,28,41)(H,29,42)(H,30,40)(H,34,35)(H,36,37)(H,38,39)/t16-,17-,18-,22-/m0/s1. The Bertz CT molecular complexity index is 1240. The lowest BCUT2D eigenvalue weighted by molar-refractivity contribution is -0.142. The summed E-state index contributed by atoms with van der Waals surface area (Å²) in [4.78, 5) is 109. The zero-order valence-corrected chi connectivity index (χ0v) is 24.0. The van der Waals surface area contributed by atoms with Gasteiger partial charge in [0.2, 0.25) is 23.6 Å². The molecule has 0 aliphatic heterocycles. The van der Waals surface area contributed by atoms with Gasteiger partial charge < -0.3 is 36.6 Å². The highest BCUT2D eigenvalue weighted by atomic mass is 16.4. The Kier molecular flexibility index (Phi) is 14.6. The number of benzene rings is 1. The molecule has 5 amide bonds. The number of nitroso groups, excluding NO2 is 1. The summed E-state index contributed by atoms with van der Waals surface area (Å²) in [6, 6.07) is 0.706. The molecular formula is C26H34N6O12. The fraction of sp³-hybridized carbons (Fsp3) is 0.462. The van der Waals surface area contributed by atoms with Gasteiger partial charge in [0.25, 0.3) is 5.91 Å². The molecule has 0 bridgehead atoms. The van der Waals surface area contributed by atoms with E-state index >= 15 is 0 Å². The van der Waals surface area contributed by atoms with Gasteiger partial charge in [0.15, 0.2) is 0 Å². The van der Waals surface area contributed by atoms with Gasteiger partial charge in [-0.1, -0.05) is 32.0 Å². The molecular weight excluding hydrogens is 588 g/mol. The van der Waals surface area contributed by atoms with Crippen molar-refractivity contribution in [1.29, 1.82) is 0 Å². The quantitative estimate of drug-likeness (QED) is 0.0777. The number of hydrogen-bond donors (Lipinski definition) is 7. The summed E-state index contributed by atoms with van der Waals surface area (Å²) in [5, 5.41) is 39.3. The van der Waals surface area contributed by atoms with Crippen LogP contribution in [0.15, 0.2) is 35.6 Å². The summed E-state index contributed by atoms with van der Waals surface area (Å²) < 4.78 is 0. The van der Waals surface area contributed by atoms with E-state index in [0.29, 0.717) is 5.01 Å². The predicted octanol–water partition coefficient (Wildman–Crippen LogP) is -0.870. The van der Waals surface area contributed by atoms with Crippen LogP contribution in [0.1, 0.15) is 46.5 Å². The SMILES string of the molecule is CC(=O)N[C@@H](CC(=O)O)C(=O)N[C@@H](CCC(=O)O)C(=O)N[C@H](C(=O)N[C@@H](CC(=O)O)C(=O)N(N=O)c1ccccc1)C(C)C. The molecule has 18 nitrogen and oxygen atoms in total. The van der Waals surface area contributed by atoms with Crippen LogP contribution >= 0.6 is 0 Å². The Morgan fingerprint density at radius 2 is 1.25 bits per heavy atom. The number of anilines is 1. The van der Waals surface area contributed by atoms with E-state index in [9.17, 15) is 48.4 Å². The lowest BCUT2D eigenvalue weighted by Gasteiger charge is -2.28. The van der Waals surface area contributed by atoms with Crippen LogP contribution in [0.2, 0.25) is 0 Å². The molecule has 240 valence electrons. The highest BCUT2D eigenvalue weighted by Gasteiger charge is 2.35. The number of rotatable bonds is 18. The molecule has 0 fully saturated rings. The van der Waals surface area contributed by atoms with Gasteiger partial charge in [-0.2, -0.15) is 5.01 Å². The van der Waals surface area contributed by atoms with Gasteiger partial charge in [0.1, 0.15) is 24.2 Å². The van der Waals surface area contributed by atoms with E-state index in [-0.39, 0.29) is 5.69 Å². The molecule has 1 rings (SSSR count). The molecule has 0 heterocycles. The Balaban J connectivity index is 3.24. The van der Waals surface area contributed by atoms with E-state index in [1.165, 1.54) is 38.1 Å². The van der Waals surface area contributed by atoms with Crippen molar-refractivity contribution in [3.63, 3.8) is 0 Å². The maximum absolute atomic E-state index is 13.2. The number of carboxylic acids is 3. The normalized spacial score (nSPS) is 13.3. The van der Waals surface area contributed by atoms with E-state index in [2.05, 4.69) is 26.6 Å². The number of nitrogens with zero attached hydrogens (tertiary/aromatic N) is 2. The second kappa shape index (κ2) is 17.5. The van der Waals surface area contributed by atoms with Crippen LogP contribution in [-0.4, -0.2) is 86.9 Å². The van der Waals surface area contributed by atoms with Crippen molar-refractivity contribution < 1.29 is 53.7 Å². The summed E-state index contributed by atoms with van der Waals surface area (Å²) in [5.74, 6) is -10.2. The molecule has 1 aromatic carbocycles. The first kappa shape index (κ1) is 36.6. The maximum atomic E-state index is 13.2. The highest BCUT2D eigenvalue weighted by molar-refractivity contribution is 6.01. The molecule has 0 aromatic heterocycles. The minimum Gasteiger partial charge on any atom is -0.481 e. The number of carbonyl (C=O) groups is 8. The first-order chi connectivity index (χ1) is 20.6. The molecule has 4 atom stereocenters. The van der Waals surface area contributed by atoms with Crippen molar-refractivity contribution in [2.45, 2.75) is 70.6 Å². The molecule has 18 heteroatoms. The maximum Gasteiger partial charge on any atom is 0.305 e. The van der Waals surface area contributed by atoms with E-state index in [4.69, 9.17) is 10.2 Å². The molecule has 0 aliphatic rings. The summed E-state index contributed by atoms with van der Waals surface area (Å²) in [6.07, 6.45) is -2.96. The van der Waals surface area contributed by atoms with Crippen molar-refractivity contribution in [3.05, 3.63) is 35.2 Å². The summed E-state index contributed by atoms with van der Waals surface area (Å²) in [5.41, 5.74) is -0.0108. The van der Waals surface area contributed by atoms with Crippen molar-refractivity contribution >= 4 is 53.1 Å². The largest absolute Gasteiger partial charge is 0.481 e. The molecule has 44 heavy (non-hydrogen) atoms. The Labute approximate surface area is 250 Å². The number of carbonyl (C=O) groups excluding carboxylic acids is 5. The third-order valence-corrected chi connectivity index (χ3v) is 5.88. The minimum absolute atomic E-state index is 0.0108. The Morgan fingerprint density at radius 1 is 0.727 bits per heavy atom. The lowest BCUT2D eigenvalue weighted by Crippen LogP contribution is -2.59. The first-order valence-corrected chi connectivity index (χ1v) is 13.1. The van der Waals surface area contributed by atoms with Gasteiger partial charge in [-0.25, -0.2) is 0 Å². The van der Waals surface area contributed by atoms with Gasteiger partial charge >= 0.3 is 17.9 Å². The average molecular weight is 623 g/mol. The molecule has 1 aromatic rings. The fourth-order valence-corrected chi connectivity index (χ4v) is 3.79. The van der Waals surface area contributed by atoms with Crippen molar-refractivity contribution in [2.75, 3.05) is 5.01 Å². The second-order valence-electron chi connectivity index (χ2n) is 9.80. The smallest absolute Gasteiger partial charge is 0.305 e. The van der Waals surface area contributed by atoms with Crippen LogP contribution in [0.4, 0.5) is 5.69 Å². The summed E-state index contributed by atoms with van der Waals surface area (Å²) in [7, 11) is 0. The van der Waals surface area contributed by atoms with Crippen molar-refractivity contribution in [2.24, 2.45) is 11.2 Å². The highest BCUT2D eigenvalue weighted by Crippen LogP contribution is 2.16.